The highest BCUT2D eigenvalue weighted by Crippen LogP contribution is 2.26. The number of rotatable bonds is 4. The van der Waals surface area contributed by atoms with Crippen LogP contribution >= 0.6 is 0 Å². The van der Waals surface area contributed by atoms with E-state index in [1.54, 1.807) is 18.2 Å². The van der Waals surface area contributed by atoms with Crippen LogP contribution in [0.3, 0.4) is 0 Å². The average Bonchev–Trinajstić information content (AvgIpc) is 2.27. The maximum atomic E-state index is 10.7. The molecule has 0 aliphatic rings. The lowest BCUT2D eigenvalue weighted by molar-refractivity contribution is -0.112. The molecule has 0 aliphatic heterocycles. The van der Waals surface area contributed by atoms with Crippen LogP contribution < -0.4 is 4.74 Å². The maximum absolute atomic E-state index is 10.7. The maximum Gasteiger partial charge on any atom is 0.161 e. The van der Waals surface area contributed by atoms with Gasteiger partial charge in [-0.3, -0.25) is 4.79 Å². The van der Waals surface area contributed by atoms with Crippen molar-refractivity contribution in [3.05, 3.63) is 41.7 Å². The number of carbonyl (C=O) groups excluding carboxylic acids is 1. The summed E-state index contributed by atoms with van der Waals surface area (Å²) in [4.78, 5) is 10.7. The second kappa shape index (κ2) is 5.75. The van der Waals surface area contributed by atoms with Gasteiger partial charge in [-0.05, 0) is 30.7 Å². The van der Waals surface area contributed by atoms with Gasteiger partial charge in [-0.2, -0.15) is 0 Å². The number of benzene rings is 1. The highest BCUT2D eigenvalue weighted by Gasteiger charge is 2.00. The Hall–Kier alpha value is -2.23. The first-order valence-electron chi connectivity index (χ1n) is 4.99. The standard InChI is InChI=1S/C13H14O4/c1-9(14)7-11(15)5-3-10-4-6-12(16)13(8-10)17-2/h3-8,15-16H,1-2H3/b5-3+,11-7?. The van der Waals surface area contributed by atoms with E-state index < -0.39 is 0 Å². The molecule has 4 nitrogen and oxygen atoms in total. The van der Waals surface area contributed by atoms with Crippen molar-refractivity contribution in [2.45, 2.75) is 6.92 Å². The molecule has 0 amide bonds. The minimum absolute atomic E-state index is 0.0492. The number of methoxy groups -OCH3 is 1. The zero-order chi connectivity index (χ0) is 12.8. The van der Waals surface area contributed by atoms with E-state index in [0.717, 1.165) is 11.6 Å². The average molecular weight is 234 g/mol. The van der Waals surface area contributed by atoms with Crippen LogP contribution in [0.5, 0.6) is 11.5 Å². The van der Waals surface area contributed by atoms with Crippen molar-refractivity contribution in [2.75, 3.05) is 7.11 Å². The number of aliphatic hydroxyl groups is 1. The zero-order valence-corrected chi connectivity index (χ0v) is 9.68. The molecule has 0 heterocycles. The molecule has 0 atom stereocenters. The summed E-state index contributed by atoms with van der Waals surface area (Å²) in [6, 6.07) is 4.77. The number of phenols is 1. The topological polar surface area (TPSA) is 66.8 Å². The SMILES string of the molecule is COc1cc(/C=C/C(O)=CC(C)=O)ccc1O. The highest BCUT2D eigenvalue weighted by molar-refractivity contribution is 5.88. The van der Waals surface area contributed by atoms with Crippen molar-refractivity contribution in [1.29, 1.82) is 0 Å². The lowest BCUT2D eigenvalue weighted by atomic mass is 10.2. The fourth-order valence-electron chi connectivity index (χ4n) is 1.24. The molecule has 0 aromatic heterocycles. The summed E-state index contributed by atoms with van der Waals surface area (Å²) in [6.07, 6.45) is 4.12. The predicted molar refractivity (Wildman–Crippen MR) is 65.1 cm³/mol. The number of aromatic hydroxyl groups is 1. The van der Waals surface area contributed by atoms with E-state index in [1.807, 2.05) is 0 Å². The third-order valence-corrected chi connectivity index (χ3v) is 2.00. The van der Waals surface area contributed by atoms with Gasteiger partial charge in [0.25, 0.3) is 0 Å². The van der Waals surface area contributed by atoms with Gasteiger partial charge in [-0.1, -0.05) is 12.1 Å². The van der Waals surface area contributed by atoms with Crippen LogP contribution in [-0.4, -0.2) is 23.1 Å². The van der Waals surface area contributed by atoms with E-state index in [1.165, 1.54) is 26.2 Å². The number of aliphatic hydroxyl groups excluding tert-OH is 1. The van der Waals surface area contributed by atoms with Gasteiger partial charge in [0.05, 0.1) is 7.11 Å². The molecule has 1 aromatic rings. The van der Waals surface area contributed by atoms with Gasteiger partial charge in [0.1, 0.15) is 5.76 Å². The molecule has 0 saturated heterocycles. The Morgan fingerprint density at radius 2 is 2.12 bits per heavy atom. The lowest BCUT2D eigenvalue weighted by Gasteiger charge is -2.03. The molecular formula is C13H14O4. The van der Waals surface area contributed by atoms with Crippen LogP contribution in [0.1, 0.15) is 12.5 Å². The molecule has 1 rings (SSSR count). The summed E-state index contributed by atoms with van der Waals surface area (Å²) < 4.78 is 4.94. The van der Waals surface area contributed by atoms with Gasteiger partial charge in [-0.25, -0.2) is 0 Å². The second-order valence-corrected chi connectivity index (χ2v) is 3.44. The summed E-state index contributed by atoms with van der Waals surface area (Å²) in [7, 11) is 1.45. The van der Waals surface area contributed by atoms with Crippen LogP contribution in [0.25, 0.3) is 6.08 Å². The van der Waals surface area contributed by atoms with E-state index in [4.69, 9.17) is 4.74 Å². The van der Waals surface area contributed by atoms with Gasteiger partial charge >= 0.3 is 0 Å². The summed E-state index contributed by atoms with van der Waals surface area (Å²) >= 11 is 0. The Morgan fingerprint density at radius 3 is 2.71 bits per heavy atom. The van der Waals surface area contributed by atoms with Crippen LogP contribution in [0.4, 0.5) is 0 Å². The van der Waals surface area contributed by atoms with Gasteiger partial charge in [0, 0.05) is 6.08 Å². The number of hydrogen-bond acceptors (Lipinski definition) is 4. The molecule has 0 bridgehead atoms. The number of ether oxygens (including phenoxy) is 1. The largest absolute Gasteiger partial charge is 0.508 e. The Labute approximate surface area is 99.5 Å². The number of carbonyl (C=O) groups is 1. The quantitative estimate of drug-likeness (QED) is 0.477. The first kappa shape index (κ1) is 12.8. The van der Waals surface area contributed by atoms with Gasteiger partial charge in [-0.15, -0.1) is 0 Å². The fourth-order valence-corrected chi connectivity index (χ4v) is 1.24. The Bertz CT molecular complexity index is 472. The summed E-state index contributed by atoms with van der Waals surface area (Å²) in [5.41, 5.74) is 0.739. The minimum Gasteiger partial charge on any atom is -0.508 e. The van der Waals surface area contributed by atoms with E-state index in [2.05, 4.69) is 0 Å². The van der Waals surface area contributed by atoms with Crippen LogP contribution in [0.15, 0.2) is 36.1 Å². The molecule has 0 saturated carbocycles. The molecule has 2 N–H and O–H groups in total. The molecule has 1 aromatic carbocycles. The minimum atomic E-state index is -0.226. The number of hydrogen-bond donors (Lipinski definition) is 2. The molecule has 17 heavy (non-hydrogen) atoms. The second-order valence-electron chi connectivity index (χ2n) is 3.44. The summed E-state index contributed by atoms with van der Waals surface area (Å²) in [5.74, 6) is 0.0512. The lowest BCUT2D eigenvalue weighted by Crippen LogP contribution is -1.86. The first-order chi connectivity index (χ1) is 8.02. The molecule has 0 aliphatic carbocycles. The van der Waals surface area contributed by atoms with Crippen molar-refractivity contribution in [3.8, 4) is 11.5 Å². The van der Waals surface area contributed by atoms with E-state index >= 15 is 0 Å². The number of allylic oxidation sites excluding steroid dienone is 2. The third kappa shape index (κ3) is 4.03. The molecule has 0 fully saturated rings. The monoisotopic (exact) mass is 234 g/mol. The van der Waals surface area contributed by atoms with Crippen LogP contribution in [-0.2, 0) is 4.79 Å². The normalized spacial score (nSPS) is 11.8. The molecule has 0 spiro atoms. The molecule has 90 valence electrons. The molecule has 0 radical (unpaired) electrons. The molecule has 4 heteroatoms. The number of phenolic OH excluding ortho intramolecular Hbond substituents is 1. The summed E-state index contributed by atoms with van der Waals surface area (Å²) in [5, 5.41) is 18.7. The zero-order valence-electron chi connectivity index (χ0n) is 9.68. The molecule has 0 unspecified atom stereocenters. The predicted octanol–water partition coefficient (Wildman–Crippen LogP) is 2.44. The van der Waals surface area contributed by atoms with Gasteiger partial charge < -0.3 is 14.9 Å². The Kier molecular flexibility index (Phi) is 4.34. The molecular weight excluding hydrogens is 220 g/mol. The fraction of sp³-hybridized carbons (Fsp3) is 0.154. The Balaban J connectivity index is 2.89. The van der Waals surface area contributed by atoms with Crippen molar-refractivity contribution in [3.63, 3.8) is 0 Å². The smallest absolute Gasteiger partial charge is 0.161 e. The van der Waals surface area contributed by atoms with Crippen LogP contribution in [0, 0.1) is 0 Å². The first-order valence-corrected chi connectivity index (χ1v) is 4.99. The summed E-state index contributed by atoms with van der Waals surface area (Å²) in [6.45, 7) is 1.35. The van der Waals surface area contributed by atoms with Gasteiger partial charge in [0.15, 0.2) is 17.3 Å². The van der Waals surface area contributed by atoms with Crippen molar-refractivity contribution in [1.82, 2.24) is 0 Å². The van der Waals surface area contributed by atoms with E-state index in [0.29, 0.717) is 5.75 Å². The van der Waals surface area contributed by atoms with E-state index in [-0.39, 0.29) is 17.3 Å². The Morgan fingerprint density at radius 1 is 1.41 bits per heavy atom. The van der Waals surface area contributed by atoms with Crippen molar-refractivity contribution in [2.24, 2.45) is 0 Å². The number of ketones is 1. The van der Waals surface area contributed by atoms with E-state index in [9.17, 15) is 15.0 Å². The van der Waals surface area contributed by atoms with Crippen LogP contribution in [0.2, 0.25) is 0 Å². The van der Waals surface area contributed by atoms with Gasteiger partial charge in [0.2, 0.25) is 0 Å². The third-order valence-electron chi connectivity index (χ3n) is 2.00. The van der Waals surface area contributed by atoms with Crippen molar-refractivity contribution < 1.29 is 19.7 Å². The van der Waals surface area contributed by atoms with Crippen molar-refractivity contribution >= 4 is 11.9 Å². The highest BCUT2D eigenvalue weighted by atomic mass is 16.5.